The molecule has 0 aliphatic carbocycles. The molecule has 0 spiro atoms. The molecule has 0 aliphatic heterocycles. The topological polar surface area (TPSA) is 12.9 Å². The van der Waals surface area contributed by atoms with Crippen molar-refractivity contribution in [3.63, 3.8) is 0 Å². The van der Waals surface area contributed by atoms with E-state index in [0.717, 1.165) is 9.84 Å². The summed E-state index contributed by atoms with van der Waals surface area (Å²) in [7, 11) is 0. The average molecular weight is 374 g/mol. The Balaban J connectivity index is 1.77. The van der Waals surface area contributed by atoms with Crippen molar-refractivity contribution in [1.29, 1.82) is 0 Å². The van der Waals surface area contributed by atoms with Crippen LogP contribution in [0.5, 0.6) is 0 Å². The van der Waals surface area contributed by atoms with E-state index in [0.29, 0.717) is 0 Å². The molecule has 1 nitrogen and oxygen atoms in total. The van der Waals surface area contributed by atoms with E-state index in [4.69, 9.17) is 4.98 Å². The third-order valence-electron chi connectivity index (χ3n) is 4.85. The number of benzene rings is 3. The number of hydrogen-bond acceptors (Lipinski definition) is 3. The summed E-state index contributed by atoms with van der Waals surface area (Å²) in [6, 6.07) is 21.9. The first-order chi connectivity index (χ1) is 12.5. The SMILES string of the molecule is CC(C)(C)c1cc(-c2nc3sc4ccccc4c3s2)cc2ccccc12. The second-order valence-corrected chi connectivity index (χ2v) is 9.78. The monoisotopic (exact) mass is 373 g/mol. The van der Waals surface area contributed by atoms with Crippen molar-refractivity contribution < 1.29 is 0 Å². The van der Waals surface area contributed by atoms with E-state index in [1.54, 1.807) is 11.3 Å². The van der Waals surface area contributed by atoms with E-state index in [9.17, 15) is 0 Å². The predicted octanol–water partition coefficient (Wildman–Crippen LogP) is 7.63. The van der Waals surface area contributed by atoms with E-state index in [-0.39, 0.29) is 5.41 Å². The van der Waals surface area contributed by atoms with Gasteiger partial charge in [-0.3, -0.25) is 0 Å². The molecule has 0 saturated heterocycles. The summed E-state index contributed by atoms with van der Waals surface area (Å²) in [5.74, 6) is 0. The summed E-state index contributed by atoms with van der Waals surface area (Å²) < 4.78 is 2.63. The normalized spacial score (nSPS) is 12.4. The number of rotatable bonds is 1. The number of thiophene rings is 1. The predicted molar refractivity (Wildman–Crippen MR) is 117 cm³/mol. The van der Waals surface area contributed by atoms with Gasteiger partial charge < -0.3 is 0 Å². The number of thiazole rings is 1. The lowest BCUT2D eigenvalue weighted by atomic mass is 9.82. The van der Waals surface area contributed by atoms with Crippen molar-refractivity contribution in [2.75, 3.05) is 0 Å². The molecule has 0 atom stereocenters. The quantitative estimate of drug-likeness (QED) is 0.294. The van der Waals surface area contributed by atoms with E-state index >= 15 is 0 Å². The van der Waals surface area contributed by atoms with Crippen LogP contribution in [0.2, 0.25) is 0 Å². The molecule has 3 aromatic carbocycles. The minimum atomic E-state index is 0.0942. The maximum Gasteiger partial charge on any atom is 0.136 e. The molecule has 5 aromatic rings. The van der Waals surface area contributed by atoms with Crippen molar-refractivity contribution in [2.24, 2.45) is 0 Å². The van der Waals surface area contributed by atoms with Crippen LogP contribution in [-0.2, 0) is 5.41 Å². The fourth-order valence-corrected chi connectivity index (χ4v) is 5.90. The lowest BCUT2D eigenvalue weighted by Gasteiger charge is -2.22. The van der Waals surface area contributed by atoms with Gasteiger partial charge in [0.05, 0.1) is 4.70 Å². The van der Waals surface area contributed by atoms with Crippen LogP contribution in [-0.4, -0.2) is 4.98 Å². The summed E-state index contributed by atoms with van der Waals surface area (Å²) >= 11 is 3.60. The molecular weight excluding hydrogens is 354 g/mol. The zero-order valence-corrected chi connectivity index (χ0v) is 16.7. The first-order valence-electron chi connectivity index (χ1n) is 8.82. The fourth-order valence-electron chi connectivity index (χ4n) is 3.57. The molecule has 2 aromatic heterocycles. The van der Waals surface area contributed by atoms with Crippen LogP contribution in [0.4, 0.5) is 0 Å². The van der Waals surface area contributed by atoms with Gasteiger partial charge in [-0.1, -0.05) is 63.2 Å². The van der Waals surface area contributed by atoms with Gasteiger partial charge in [0.2, 0.25) is 0 Å². The van der Waals surface area contributed by atoms with Crippen molar-refractivity contribution in [1.82, 2.24) is 4.98 Å². The van der Waals surface area contributed by atoms with Crippen LogP contribution < -0.4 is 0 Å². The lowest BCUT2D eigenvalue weighted by Crippen LogP contribution is -2.11. The maximum atomic E-state index is 4.99. The van der Waals surface area contributed by atoms with Crippen molar-refractivity contribution in [2.45, 2.75) is 26.2 Å². The molecule has 0 unspecified atom stereocenters. The smallest absolute Gasteiger partial charge is 0.136 e. The second kappa shape index (κ2) is 5.63. The molecule has 3 heteroatoms. The van der Waals surface area contributed by atoms with E-state index in [1.807, 2.05) is 11.3 Å². The van der Waals surface area contributed by atoms with Gasteiger partial charge in [0.1, 0.15) is 9.84 Å². The minimum Gasteiger partial charge on any atom is -0.225 e. The Morgan fingerprint density at radius 3 is 2.35 bits per heavy atom. The molecule has 0 fully saturated rings. The Hall–Kier alpha value is -2.23. The molecule has 0 radical (unpaired) electrons. The van der Waals surface area contributed by atoms with Crippen molar-refractivity contribution in [3.8, 4) is 10.6 Å². The first-order valence-corrected chi connectivity index (χ1v) is 10.5. The lowest BCUT2D eigenvalue weighted by molar-refractivity contribution is 0.596. The van der Waals surface area contributed by atoms with Crippen LogP contribution >= 0.6 is 22.7 Å². The third kappa shape index (κ3) is 2.46. The highest BCUT2D eigenvalue weighted by atomic mass is 32.1. The maximum absolute atomic E-state index is 4.99. The summed E-state index contributed by atoms with van der Waals surface area (Å²) in [4.78, 5) is 6.14. The average Bonchev–Trinajstić information content (AvgIpc) is 3.18. The summed E-state index contributed by atoms with van der Waals surface area (Å²) in [6.07, 6.45) is 0. The number of hydrogen-bond donors (Lipinski definition) is 0. The van der Waals surface area contributed by atoms with Gasteiger partial charge in [-0.15, -0.1) is 22.7 Å². The standard InChI is InChI=1S/C23H19NS2/c1-23(2,3)18-13-15(12-14-8-4-5-9-16(14)18)21-24-22-20(26-21)17-10-6-7-11-19(17)25-22/h4-13H,1-3H3. The van der Waals surface area contributed by atoms with Gasteiger partial charge in [-0.2, -0.15) is 0 Å². The number of nitrogens with zero attached hydrogens (tertiary/aromatic N) is 1. The highest BCUT2D eigenvalue weighted by molar-refractivity contribution is 7.33. The van der Waals surface area contributed by atoms with Crippen LogP contribution in [0.3, 0.4) is 0 Å². The fraction of sp³-hybridized carbons (Fsp3) is 0.174. The molecule has 2 heterocycles. The molecular formula is C23H19NS2. The highest BCUT2D eigenvalue weighted by Crippen LogP contribution is 2.42. The van der Waals surface area contributed by atoms with Crippen LogP contribution in [0.25, 0.3) is 41.0 Å². The molecule has 0 amide bonds. The zero-order chi connectivity index (χ0) is 17.9. The number of fused-ring (bicyclic) bond motifs is 4. The van der Waals surface area contributed by atoms with Crippen molar-refractivity contribution in [3.05, 3.63) is 66.2 Å². The largest absolute Gasteiger partial charge is 0.225 e. The molecule has 26 heavy (non-hydrogen) atoms. The van der Waals surface area contributed by atoms with Gasteiger partial charge in [0, 0.05) is 15.6 Å². The molecule has 5 rings (SSSR count). The molecule has 0 saturated carbocycles. The van der Waals surface area contributed by atoms with Crippen LogP contribution in [0, 0.1) is 0 Å². The van der Waals surface area contributed by atoms with Gasteiger partial charge in [-0.25, -0.2) is 4.98 Å². The zero-order valence-electron chi connectivity index (χ0n) is 15.0. The Kier molecular flexibility index (Phi) is 3.46. The third-order valence-corrected chi connectivity index (χ3v) is 7.18. The molecule has 128 valence electrons. The number of aromatic nitrogens is 1. The van der Waals surface area contributed by atoms with Gasteiger partial charge in [0.25, 0.3) is 0 Å². The summed E-state index contributed by atoms with van der Waals surface area (Å²) in [5, 5.41) is 5.08. The van der Waals surface area contributed by atoms with Crippen molar-refractivity contribution >= 4 is 53.1 Å². The van der Waals surface area contributed by atoms with Gasteiger partial charge in [0.15, 0.2) is 0 Å². The molecule has 0 aliphatic rings. The Labute approximate surface area is 160 Å². The van der Waals surface area contributed by atoms with E-state index < -0.39 is 0 Å². The van der Waals surface area contributed by atoms with Gasteiger partial charge in [-0.05, 0) is 39.9 Å². The van der Waals surface area contributed by atoms with Crippen LogP contribution in [0.1, 0.15) is 26.3 Å². The Morgan fingerprint density at radius 1 is 0.808 bits per heavy atom. The van der Waals surface area contributed by atoms with E-state index in [2.05, 4.69) is 81.4 Å². The first kappa shape index (κ1) is 16.0. The molecule has 0 bridgehead atoms. The summed E-state index contributed by atoms with van der Waals surface area (Å²) in [5.41, 5.74) is 2.71. The second-order valence-electron chi connectivity index (χ2n) is 7.75. The summed E-state index contributed by atoms with van der Waals surface area (Å²) in [6.45, 7) is 6.85. The highest BCUT2D eigenvalue weighted by Gasteiger charge is 2.20. The van der Waals surface area contributed by atoms with Crippen LogP contribution in [0.15, 0.2) is 60.7 Å². The molecule has 0 N–H and O–H groups in total. The Morgan fingerprint density at radius 2 is 1.54 bits per heavy atom. The van der Waals surface area contributed by atoms with Gasteiger partial charge >= 0.3 is 0 Å². The minimum absolute atomic E-state index is 0.0942. The van der Waals surface area contributed by atoms with E-state index in [1.165, 1.54) is 36.7 Å². The Bertz CT molecular complexity index is 1270.